The van der Waals surface area contributed by atoms with Crippen molar-refractivity contribution in [2.24, 2.45) is 11.8 Å². The molecule has 6 heteroatoms. The Hall–Kier alpha value is -0.430. The number of benzene rings is 1. The van der Waals surface area contributed by atoms with Crippen molar-refractivity contribution < 1.29 is 8.42 Å². The summed E-state index contributed by atoms with van der Waals surface area (Å²) >= 11 is 3.39. The molecule has 0 aromatic heterocycles. The molecule has 1 N–H and O–H groups in total. The number of nitrogens with zero attached hydrogens (tertiary/aromatic N) is 1. The Balaban J connectivity index is 2.36. The maximum atomic E-state index is 12.9. The van der Waals surface area contributed by atoms with E-state index in [1.807, 2.05) is 19.2 Å². The first-order valence-electron chi connectivity index (χ1n) is 7.27. The van der Waals surface area contributed by atoms with Gasteiger partial charge in [0.05, 0.1) is 4.90 Å². The Morgan fingerprint density at radius 1 is 1.29 bits per heavy atom. The first kappa shape index (κ1) is 16.9. The van der Waals surface area contributed by atoms with Gasteiger partial charge in [-0.25, -0.2) is 8.42 Å². The van der Waals surface area contributed by atoms with Crippen LogP contribution in [0, 0.1) is 11.8 Å². The van der Waals surface area contributed by atoms with Crippen LogP contribution in [0.5, 0.6) is 0 Å². The lowest BCUT2D eigenvalue weighted by Crippen LogP contribution is -2.42. The molecule has 1 aliphatic heterocycles. The highest BCUT2D eigenvalue weighted by Crippen LogP contribution is 2.30. The van der Waals surface area contributed by atoms with Gasteiger partial charge in [-0.15, -0.1) is 0 Å². The van der Waals surface area contributed by atoms with Gasteiger partial charge in [-0.2, -0.15) is 4.31 Å². The fraction of sp³-hybridized carbons (Fsp3) is 0.600. The summed E-state index contributed by atoms with van der Waals surface area (Å²) in [5.74, 6) is 0.811. The molecule has 0 bridgehead atoms. The molecule has 4 nitrogen and oxygen atoms in total. The minimum Gasteiger partial charge on any atom is -0.316 e. The highest BCUT2D eigenvalue weighted by Gasteiger charge is 2.32. The highest BCUT2D eigenvalue weighted by atomic mass is 79.9. The zero-order chi connectivity index (χ0) is 15.6. The van der Waals surface area contributed by atoms with Gasteiger partial charge in [0.1, 0.15) is 0 Å². The van der Waals surface area contributed by atoms with E-state index in [0.29, 0.717) is 40.8 Å². The lowest BCUT2D eigenvalue weighted by molar-refractivity contribution is 0.222. The van der Waals surface area contributed by atoms with E-state index in [-0.39, 0.29) is 0 Å². The van der Waals surface area contributed by atoms with Crippen LogP contribution in [0.4, 0.5) is 0 Å². The molecule has 1 aromatic carbocycles. The predicted octanol–water partition coefficient (Wildman–Crippen LogP) is 2.84. The van der Waals surface area contributed by atoms with Crippen molar-refractivity contribution in [3.8, 4) is 0 Å². The number of hydrogen-bond acceptors (Lipinski definition) is 3. The minimum absolute atomic E-state index is 0.372. The number of nitrogens with one attached hydrogen (secondary N) is 1. The van der Waals surface area contributed by atoms with E-state index in [9.17, 15) is 8.42 Å². The van der Waals surface area contributed by atoms with E-state index in [4.69, 9.17) is 0 Å². The standard InChI is InChI=1S/C15H23BrN2O2S/c1-11-6-12(2)10-18(9-11)21(19,20)15-7-13(8-17-3)4-5-14(15)16/h4-5,7,11-12,17H,6,8-10H2,1-3H3. The average molecular weight is 375 g/mol. The average Bonchev–Trinajstić information content (AvgIpc) is 2.40. The van der Waals surface area contributed by atoms with Crippen LogP contribution in [-0.4, -0.2) is 32.9 Å². The van der Waals surface area contributed by atoms with Crippen LogP contribution in [0.3, 0.4) is 0 Å². The van der Waals surface area contributed by atoms with Gasteiger partial charge in [-0.3, -0.25) is 0 Å². The van der Waals surface area contributed by atoms with Crippen molar-refractivity contribution >= 4 is 26.0 Å². The van der Waals surface area contributed by atoms with Crippen LogP contribution in [0.1, 0.15) is 25.8 Å². The van der Waals surface area contributed by atoms with Gasteiger partial charge in [-0.05, 0) is 58.9 Å². The van der Waals surface area contributed by atoms with Crippen LogP contribution in [0.25, 0.3) is 0 Å². The quantitative estimate of drug-likeness (QED) is 0.881. The second-order valence-corrected chi connectivity index (χ2v) is 8.82. The lowest BCUT2D eigenvalue weighted by Gasteiger charge is -2.34. The molecule has 21 heavy (non-hydrogen) atoms. The zero-order valence-corrected chi connectivity index (χ0v) is 15.2. The molecule has 0 spiro atoms. The Labute approximate surface area is 136 Å². The van der Waals surface area contributed by atoms with E-state index in [1.54, 1.807) is 10.4 Å². The molecule has 0 amide bonds. The van der Waals surface area contributed by atoms with Crippen LogP contribution in [0.2, 0.25) is 0 Å². The molecule has 1 heterocycles. The summed E-state index contributed by atoms with van der Waals surface area (Å²) in [6, 6.07) is 5.51. The van der Waals surface area contributed by atoms with Crippen LogP contribution < -0.4 is 5.32 Å². The summed E-state index contributed by atoms with van der Waals surface area (Å²) in [5.41, 5.74) is 0.970. The van der Waals surface area contributed by atoms with Gasteiger partial charge in [0.15, 0.2) is 0 Å². The third-order valence-corrected chi connectivity index (χ3v) is 6.66. The molecule has 2 rings (SSSR count). The van der Waals surface area contributed by atoms with Gasteiger partial charge in [0.25, 0.3) is 0 Å². The molecule has 1 saturated heterocycles. The molecule has 1 fully saturated rings. The van der Waals surface area contributed by atoms with Crippen molar-refractivity contribution in [1.82, 2.24) is 9.62 Å². The maximum Gasteiger partial charge on any atom is 0.244 e. The topological polar surface area (TPSA) is 49.4 Å². The van der Waals surface area contributed by atoms with Gasteiger partial charge in [-0.1, -0.05) is 19.9 Å². The molecule has 2 unspecified atom stereocenters. The maximum absolute atomic E-state index is 12.9. The molecular formula is C15H23BrN2O2S. The third-order valence-electron chi connectivity index (χ3n) is 3.83. The molecule has 118 valence electrons. The second-order valence-electron chi connectivity index (χ2n) is 6.06. The Bertz CT molecular complexity index is 594. The zero-order valence-electron chi connectivity index (χ0n) is 12.8. The summed E-state index contributed by atoms with van der Waals surface area (Å²) in [7, 11) is -1.59. The molecule has 1 aromatic rings. The Kier molecular flexibility index (Phi) is 5.46. The number of halogens is 1. The largest absolute Gasteiger partial charge is 0.316 e. The van der Waals surface area contributed by atoms with Crippen molar-refractivity contribution in [3.05, 3.63) is 28.2 Å². The predicted molar refractivity (Wildman–Crippen MR) is 88.6 cm³/mol. The lowest BCUT2D eigenvalue weighted by atomic mass is 9.94. The van der Waals surface area contributed by atoms with Crippen molar-refractivity contribution in [1.29, 1.82) is 0 Å². The first-order chi connectivity index (χ1) is 9.84. The van der Waals surface area contributed by atoms with E-state index >= 15 is 0 Å². The molecule has 0 radical (unpaired) electrons. The van der Waals surface area contributed by atoms with Crippen LogP contribution >= 0.6 is 15.9 Å². The molecule has 0 saturated carbocycles. The summed E-state index contributed by atoms with van der Waals surface area (Å²) in [4.78, 5) is 0.372. The minimum atomic E-state index is -3.44. The number of hydrogen-bond donors (Lipinski definition) is 1. The van der Waals surface area contributed by atoms with E-state index in [1.165, 1.54) is 0 Å². The summed E-state index contributed by atoms with van der Waals surface area (Å²) < 4.78 is 28.1. The smallest absolute Gasteiger partial charge is 0.244 e. The Morgan fingerprint density at radius 2 is 1.90 bits per heavy atom. The van der Waals surface area contributed by atoms with Gasteiger partial charge in [0.2, 0.25) is 10.0 Å². The highest BCUT2D eigenvalue weighted by molar-refractivity contribution is 9.10. The Morgan fingerprint density at radius 3 is 2.48 bits per heavy atom. The summed E-state index contributed by atoms with van der Waals surface area (Å²) in [6.45, 7) is 6.10. The molecular weight excluding hydrogens is 352 g/mol. The summed E-state index contributed by atoms with van der Waals surface area (Å²) in [5, 5.41) is 3.05. The third kappa shape index (κ3) is 3.86. The molecule has 1 aliphatic rings. The van der Waals surface area contributed by atoms with Crippen LogP contribution in [-0.2, 0) is 16.6 Å². The summed E-state index contributed by atoms with van der Waals surface area (Å²) in [6.07, 6.45) is 1.09. The normalized spacial score (nSPS) is 24.2. The second kappa shape index (κ2) is 6.77. The van der Waals surface area contributed by atoms with Crippen molar-refractivity contribution in [3.63, 3.8) is 0 Å². The molecule has 0 aliphatic carbocycles. The van der Waals surface area contributed by atoms with Gasteiger partial charge < -0.3 is 5.32 Å². The number of sulfonamides is 1. The number of rotatable bonds is 4. The van der Waals surface area contributed by atoms with E-state index < -0.39 is 10.0 Å². The fourth-order valence-corrected chi connectivity index (χ4v) is 5.66. The van der Waals surface area contributed by atoms with Gasteiger partial charge in [0, 0.05) is 24.1 Å². The van der Waals surface area contributed by atoms with Crippen molar-refractivity contribution in [2.45, 2.75) is 31.7 Å². The van der Waals surface area contributed by atoms with Crippen molar-refractivity contribution in [2.75, 3.05) is 20.1 Å². The fourth-order valence-electron chi connectivity index (χ4n) is 3.00. The SMILES string of the molecule is CNCc1ccc(Br)c(S(=O)(=O)N2CC(C)CC(C)C2)c1. The molecule has 2 atom stereocenters. The first-order valence-corrected chi connectivity index (χ1v) is 9.51. The van der Waals surface area contributed by atoms with Gasteiger partial charge >= 0.3 is 0 Å². The van der Waals surface area contributed by atoms with Crippen LogP contribution in [0.15, 0.2) is 27.6 Å². The van der Waals surface area contributed by atoms with E-state index in [0.717, 1.165) is 12.0 Å². The van der Waals surface area contributed by atoms with E-state index in [2.05, 4.69) is 35.1 Å². The monoisotopic (exact) mass is 374 g/mol. The number of piperidine rings is 1.